The van der Waals surface area contributed by atoms with E-state index in [4.69, 9.17) is 0 Å². The molecule has 0 aliphatic heterocycles. The number of aromatic nitrogens is 3. The highest BCUT2D eigenvalue weighted by molar-refractivity contribution is 7.90. The lowest BCUT2D eigenvalue weighted by atomic mass is 10.1. The van der Waals surface area contributed by atoms with Gasteiger partial charge in [0.15, 0.2) is 14.9 Å². The summed E-state index contributed by atoms with van der Waals surface area (Å²) >= 11 is 0. The highest BCUT2D eigenvalue weighted by Gasteiger charge is 2.17. The van der Waals surface area contributed by atoms with Gasteiger partial charge < -0.3 is 5.32 Å². The third kappa shape index (κ3) is 4.19. The largest absolute Gasteiger partial charge is 0.348 e. The summed E-state index contributed by atoms with van der Waals surface area (Å²) in [7, 11) is -3.41. The minimum atomic E-state index is -3.41. The van der Waals surface area contributed by atoms with Crippen molar-refractivity contribution in [1.82, 2.24) is 20.1 Å². The van der Waals surface area contributed by atoms with Crippen LogP contribution in [0, 0.1) is 17.1 Å². The molecule has 2 heterocycles. The van der Waals surface area contributed by atoms with Gasteiger partial charge in [-0.05, 0) is 48.0 Å². The quantitative estimate of drug-likeness (QED) is 0.501. The fourth-order valence-electron chi connectivity index (χ4n) is 3.18. The summed E-state index contributed by atoms with van der Waals surface area (Å²) in [6.07, 6.45) is 3.96. The van der Waals surface area contributed by atoms with Gasteiger partial charge in [-0.15, -0.1) is 0 Å². The fourth-order valence-corrected chi connectivity index (χ4v) is 3.74. The molecule has 2 aromatic heterocycles. The molecule has 0 unspecified atom stereocenters. The Labute approximate surface area is 182 Å². The zero-order chi connectivity index (χ0) is 22.9. The van der Waals surface area contributed by atoms with Gasteiger partial charge in [0.05, 0.1) is 34.6 Å². The van der Waals surface area contributed by atoms with Crippen molar-refractivity contribution < 1.29 is 17.6 Å². The van der Waals surface area contributed by atoms with Crippen LogP contribution in [0.3, 0.4) is 0 Å². The molecule has 32 heavy (non-hydrogen) atoms. The number of sulfone groups is 1. The van der Waals surface area contributed by atoms with Gasteiger partial charge in [0.2, 0.25) is 0 Å². The van der Waals surface area contributed by atoms with Gasteiger partial charge in [-0.1, -0.05) is 6.07 Å². The molecule has 0 saturated carbocycles. The summed E-state index contributed by atoms with van der Waals surface area (Å²) in [5.74, 6) is -0.819. The first kappa shape index (κ1) is 21.1. The predicted octanol–water partition coefficient (Wildman–Crippen LogP) is 2.76. The summed E-state index contributed by atoms with van der Waals surface area (Å²) < 4.78 is 37.8. The average Bonchev–Trinajstić information content (AvgIpc) is 3.21. The lowest BCUT2D eigenvalue weighted by Crippen LogP contribution is -2.23. The molecule has 0 atom stereocenters. The lowest BCUT2D eigenvalue weighted by molar-refractivity contribution is 0.0952. The van der Waals surface area contributed by atoms with Crippen molar-refractivity contribution >= 4 is 26.6 Å². The molecule has 0 fully saturated rings. The van der Waals surface area contributed by atoms with Crippen molar-refractivity contribution in [3.8, 4) is 11.8 Å². The Bertz CT molecular complexity index is 1470. The second-order valence-corrected chi connectivity index (χ2v) is 9.02. The second-order valence-electron chi connectivity index (χ2n) is 7.06. The van der Waals surface area contributed by atoms with Crippen molar-refractivity contribution in [2.24, 2.45) is 0 Å². The van der Waals surface area contributed by atoms with Crippen LogP contribution < -0.4 is 5.32 Å². The maximum Gasteiger partial charge on any atom is 0.252 e. The van der Waals surface area contributed by atoms with E-state index in [0.29, 0.717) is 22.2 Å². The summed E-state index contributed by atoms with van der Waals surface area (Å²) in [4.78, 5) is 16.8. The number of hydrogen-bond acceptors (Lipinski definition) is 6. The number of carbonyl (C=O) groups is 1. The van der Waals surface area contributed by atoms with Crippen LogP contribution in [0.5, 0.6) is 0 Å². The van der Waals surface area contributed by atoms with Crippen LogP contribution in [0.1, 0.15) is 21.5 Å². The molecule has 4 rings (SSSR count). The molecule has 2 aromatic carbocycles. The Morgan fingerprint density at radius 3 is 2.53 bits per heavy atom. The first-order valence-corrected chi connectivity index (χ1v) is 11.3. The average molecular weight is 449 g/mol. The van der Waals surface area contributed by atoms with Crippen LogP contribution in [0.4, 0.5) is 4.39 Å². The normalized spacial score (nSPS) is 11.3. The van der Waals surface area contributed by atoms with Gasteiger partial charge >= 0.3 is 0 Å². The predicted molar refractivity (Wildman–Crippen MR) is 114 cm³/mol. The summed E-state index contributed by atoms with van der Waals surface area (Å²) in [5, 5.41) is 16.9. The maximum atomic E-state index is 13.3. The summed E-state index contributed by atoms with van der Waals surface area (Å²) in [6.45, 7) is 0.111. The Kier molecular flexibility index (Phi) is 5.42. The molecule has 0 aliphatic carbocycles. The zero-order valence-electron chi connectivity index (χ0n) is 16.8. The third-order valence-electron chi connectivity index (χ3n) is 4.76. The van der Waals surface area contributed by atoms with Gasteiger partial charge in [0.25, 0.3) is 5.91 Å². The summed E-state index contributed by atoms with van der Waals surface area (Å²) in [5.41, 5.74) is 2.25. The van der Waals surface area contributed by atoms with E-state index in [0.717, 1.165) is 6.26 Å². The minimum absolute atomic E-state index is 0.0517. The van der Waals surface area contributed by atoms with Crippen LogP contribution >= 0.6 is 0 Å². The molecular formula is C22H16FN5O3S. The van der Waals surface area contributed by atoms with Gasteiger partial charge in [0, 0.05) is 24.4 Å². The Morgan fingerprint density at radius 1 is 1.16 bits per heavy atom. The van der Waals surface area contributed by atoms with Gasteiger partial charge in [-0.3, -0.25) is 4.79 Å². The van der Waals surface area contributed by atoms with Crippen LogP contribution in [-0.4, -0.2) is 35.3 Å². The number of pyridine rings is 1. The fraction of sp³-hybridized carbons (Fsp3) is 0.0909. The molecule has 160 valence electrons. The number of halogens is 1. The SMILES string of the molecule is CS(=O)(=O)c1ccc(CNC(=O)c2cc(C#N)cc3c2cnn3-c2ccc(F)cc2)cn1. The van der Waals surface area contributed by atoms with E-state index in [1.165, 1.54) is 41.3 Å². The molecule has 0 radical (unpaired) electrons. The van der Waals surface area contributed by atoms with E-state index in [1.807, 2.05) is 6.07 Å². The number of nitrogens with one attached hydrogen (secondary N) is 1. The van der Waals surface area contributed by atoms with E-state index < -0.39 is 15.7 Å². The number of carbonyl (C=O) groups excluding carboxylic acids is 1. The monoisotopic (exact) mass is 449 g/mol. The molecular weight excluding hydrogens is 433 g/mol. The Morgan fingerprint density at radius 2 is 1.91 bits per heavy atom. The van der Waals surface area contributed by atoms with Crippen molar-refractivity contribution in [2.75, 3.05) is 6.26 Å². The Balaban J connectivity index is 1.64. The van der Waals surface area contributed by atoms with Gasteiger partial charge in [-0.2, -0.15) is 10.4 Å². The van der Waals surface area contributed by atoms with E-state index in [1.54, 1.807) is 24.3 Å². The second kappa shape index (κ2) is 8.20. The molecule has 4 aromatic rings. The molecule has 1 amide bonds. The molecule has 0 bridgehead atoms. The Hall–Kier alpha value is -4.10. The number of rotatable bonds is 5. The van der Waals surface area contributed by atoms with E-state index in [2.05, 4.69) is 15.4 Å². The molecule has 8 nitrogen and oxygen atoms in total. The standard InChI is InChI=1S/C22H16FN5O3S/c1-32(30,31)21-7-2-14(11-25-21)12-26-22(29)18-8-15(10-24)9-20-19(18)13-27-28(20)17-5-3-16(23)4-6-17/h2-9,11,13H,12H2,1H3,(H,26,29). The zero-order valence-corrected chi connectivity index (χ0v) is 17.6. The van der Waals surface area contributed by atoms with Crippen LogP contribution in [0.25, 0.3) is 16.6 Å². The van der Waals surface area contributed by atoms with Gasteiger partial charge in [-0.25, -0.2) is 22.5 Å². The minimum Gasteiger partial charge on any atom is -0.348 e. The number of fused-ring (bicyclic) bond motifs is 1. The van der Waals surface area contributed by atoms with Crippen molar-refractivity contribution in [1.29, 1.82) is 5.26 Å². The number of benzene rings is 2. The van der Waals surface area contributed by atoms with E-state index in [-0.39, 0.29) is 28.5 Å². The van der Waals surface area contributed by atoms with Gasteiger partial charge in [0.1, 0.15) is 5.82 Å². The van der Waals surface area contributed by atoms with Crippen LogP contribution in [-0.2, 0) is 16.4 Å². The molecule has 10 heteroatoms. The molecule has 0 spiro atoms. The molecule has 1 N–H and O–H groups in total. The number of nitriles is 1. The lowest BCUT2D eigenvalue weighted by Gasteiger charge is -2.09. The first-order chi connectivity index (χ1) is 15.3. The highest BCUT2D eigenvalue weighted by atomic mass is 32.2. The van der Waals surface area contributed by atoms with Crippen molar-refractivity contribution in [3.63, 3.8) is 0 Å². The summed E-state index contributed by atoms with van der Waals surface area (Å²) in [6, 6.07) is 13.8. The topological polar surface area (TPSA) is 118 Å². The van der Waals surface area contributed by atoms with Crippen LogP contribution in [0.2, 0.25) is 0 Å². The van der Waals surface area contributed by atoms with Crippen molar-refractivity contribution in [2.45, 2.75) is 11.6 Å². The number of nitrogens with zero attached hydrogens (tertiary/aromatic N) is 4. The first-order valence-electron chi connectivity index (χ1n) is 9.37. The third-order valence-corrected chi connectivity index (χ3v) is 5.77. The number of amides is 1. The maximum absolute atomic E-state index is 13.3. The molecule has 0 aliphatic rings. The molecule has 0 saturated heterocycles. The van der Waals surface area contributed by atoms with E-state index in [9.17, 15) is 22.9 Å². The van der Waals surface area contributed by atoms with E-state index >= 15 is 0 Å². The van der Waals surface area contributed by atoms with Crippen LogP contribution in [0.15, 0.2) is 66.0 Å². The smallest absolute Gasteiger partial charge is 0.252 e. The number of hydrogen-bond donors (Lipinski definition) is 1. The van der Waals surface area contributed by atoms with Crippen molar-refractivity contribution in [3.05, 3.63) is 83.4 Å². The highest BCUT2D eigenvalue weighted by Crippen LogP contribution is 2.24.